The van der Waals surface area contributed by atoms with Gasteiger partial charge in [-0.3, -0.25) is 4.79 Å². The van der Waals surface area contributed by atoms with E-state index in [1.165, 1.54) is 12.1 Å². The molecule has 1 aromatic rings. The van der Waals surface area contributed by atoms with Crippen molar-refractivity contribution >= 4 is 11.9 Å². The van der Waals surface area contributed by atoms with Crippen LogP contribution in [0.4, 0.5) is 4.39 Å². The van der Waals surface area contributed by atoms with Gasteiger partial charge in [0.2, 0.25) is 0 Å². The molecule has 1 heterocycles. The van der Waals surface area contributed by atoms with Crippen molar-refractivity contribution in [3.63, 3.8) is 0 Å². The summed E-state index contributed by atoms with van der Waals surface area (Å²) in [6.07, 6.45) is 1.93. The largest absolute Gasteiger partial charge is 0.478 e. The van der Waals surface area contributed by atoms with Crippen LogP contribution < -0.4 is 5.32 Å². The highest BCUT2D eigenvalue weighted by molar-refractivity contribution is 5.96. The highest BCUT2D eigenvalue weighted by Crippen LogP contribution is 2.14. The maximum absolute atomic E-state index is 13.7. The summed E-state index contributed by atoms with van der Waals surface area (Å²) in [5, 5.41) is 11.4. The van der Waals surface area contributed by atoms with Crippen LogP contribution in [0.5, 0.6) is 0 Å². The number of nitrogens with one attached hydrogen (secondary N) is 1. The zero-order chi connectivity index (χ0) is 14.5. The van der Waals surface area contributed by atoms with Gasteiger partial charge in [0, 0.05) is 13.2 Å². The van der Waals surface area contributed by atoms with Crippen molar-refractivity contribution in [3.8, 4) is 0 Å². The van der Waals surface area contributed by atoms with Gasteiger partial charge in [0.15, 0.2) is 0 Å². The highest BCUT2D eigenvalue weighted by atomic mass is 19.1. The number of aromatic carboxylic acids is 1. The summed E-state index contributed by atoms with van der Waals surface area (Å²) in [7, 11) is 0. The number of amides is 1. The third-order valence-electron chi connectivity index (χ3n) is 3.27. The molecule has 5 nitrogen and oxygen atoms in total. The van der Waals surface area contributed by atoms with Crippen molar-refractivity contribution in [2.75, 3.05) is 19.8 Å². The lowest BCUT2D eigenvalue weighted by Crippen LogP contribution is -2.33. The van der Waals surface area contributed by atoms with Gasteiger partial charge in [-0.25, -0.2) is 9.18 Å². The summed E-state index contributed by atoms with van der Waals surface area (Å²) in [4.78, 5) is 22.5. The van der Waals surface area contributed by atoms with Gasteiger partial charge in [0.1, 0.15) is 5.82 Å². The molecular weight excluding hydrogens is 265 g/mol. The Hall–Kier alpha value is -1.95. The monoisotopic (exact) mass is 281 g/mol. The lowest BCUT2D eigenvalue weighted by molar-refractivity contribution is 0.0535. The minimum atomic E-state index is -1.23. The van der Waals surface area contributed by atoms with E-state index in [1.54, 1.807) is 0 Å². The zero-order valence-electron chi connectivity index (χ0n) is 10.9. The first-order valence-electron chi connectivity index (χ1n) is 6.46. The van der Waals surface area contributed by atoms with Crippen molar-refractivity contribution < 1.29 is 23.8 Å². The Labute approximate surface area is 115 Å². The average Bonchev–Trinajstić information content (AvgIpc) is 2.45. The second kappa shape index (κ2) is 6.47. The Morgan fingerprint density at radius 3 is 2.85 bits per heavy atom. The number of rotatable bonds is 4. The van der Waals surface area contributed by atoms with Crippen molar-refractivity contribution in [1.29, 1.82) is 0 Å². The second-order valence-electron chi connectivity index (χ2n) is 4.79. The summed E-state index contributed by atoms with van der Waals surface area (Å²) in [6.45, 7) is 1.77. The zero-order valence-corrected chi connectivity index (χ0v) is 10.9. The predicted octanol–water partition coefficient (Wildman–Crippen LogP) is 1.68. The number of halogens is 1. The van der Waals surface area contributed by atoms with Crippen LogP contribution >= 0.6 is 0 Å². The minimum Gasteiger partial charge on any atom is -0.478 e. The topological polar surface area (TPSA) is 75.6 Å². The molecule has 1 aliphatic heterocycles. The van der Waals surface area contributed by atoms with Crippen LogP contribution in [0.2, 0.25) is 0 Å². The molecular formula is C14H16FNO4. The van der Waals surface area contributed by atoms with Gasteiger partial charge < -0.3 is 15.2 Å². The van der Waals surface area contributed by atoms with Gasteiger partial charge in [-0.2, -0.15) is 0 Å². The molecule has 2 rings (SSSR count). The molecule has 1 aliphatic rings. The molecule has 108 valence electrons. The van der Waals surface area contributed by atoms with E-state index in [2.05, 4.69) is 5.32 Å². The quantitative estimate of drug-likeness (QED) is 0.880. The number of carbonyl (C=O) groups is 2. The maximum Gasteiger partial charge on any atom is 0.335 e. The molecule has 1 unspecified atom stereocenters. The van der Waals surface area contributed by atoms with Crippen LogP contribution in [0.3, 0.4) is 0 Å². The Balaban J connectivity index is 1.96. The average molecular weight is 281 g/mol. The number of hydrogen-bond donors (Lipinski definition) is 2. The first-order chi connectivity index (χ1) is 9.58. The van der Waals surface area contributed by atoms with E-state index in [0.29, 0.717) is 13.2 Å². The number of benzene rings is 1. The van der Waals surface area contributed by atoms with Crippen LogP contribution in [-0.2, 0) is 4.74 Å². The highest BCUT2D eigenvalue weighted by Gasteiger charge is 2.18. The fraction of sp³-hybridized carbons (Fsp3) is 0.429. The van der Waals surface area contributed by atoms with E-state index in [1.807, 2.05) is 0 Å². The Morgan fingerprint density at radius 1 is 1.45 bits per heavy atom. The molecule has 0 aromatic heterocycles. The van der Waals surface area contributed by atoms with E-state index in [9.17, 15) is 14.0 Å². The summed E-state index contributed by atoms with van der Waals surface area (Å²) in [5.41, 5.74) is -0.327. The minimum absolute atomic E-state index is 0.147. The molecule has 1 atom stereocenters. The number of ether oxygens (including phenoxy) is 1. The van der Waals surface area contributed by atoms with Crippen LogP contribution in [0.1, 0.15) is 33.6 Å². The molecule has 0 bridgehead atoms. The summed E-state index contributed by atoms with van der Waals surface area (Å²) in [6, 6.07) is 3.25. The van der Waals surface area contributed by atoms with Gasteiger partial charge in [0.25, 0.3) is 5.91 Å². The van der Waals surface area contributed by atoms with E-state index in [4.69, 9.17) is 9.84 Å². The molecule has 1 amide bonds. The van der Waals surface area contributed by atoms with Crippen LogP contribution in [0.15, 0.2) is 18.2 Å². The van der Waals surface area contributed by atoms with Crippen LogP contribution in [0, 0.1) is 11.7 Å². The molecule has 2 N–H and O–H groups in total. The van der Waals surface area contributed by atoms with E-state index in [-0.39, 0.29) is 17.0 Å². The molecule has 1 fully saturated rings. The van der Waals surface area contributed by atoms with Crippen molar-refractivity contribution in [2.45, 2.75) is 12.8 Å². The van der Waals surface area contributed by atoms with Gasteiger partial charge in [-0.05, 0) is 37.0 Å². The first-order valence-corrected chi connectivity index (χ1v) is 6.46. The van der Waals surface area contributed by atoms with E-state index < -0.39 is 17.7 Å². The van der Waals surface area contributed by atoms with Gasteiger partial charge >= 0.3 is 5.97 Å². The summed E-state index contributed by atoms with van der Waals surface area (Å²) in [5.74, 6) is -2.35. The number of carboxylic acids is 1. The number of carboxylic acid groups (broad SMARTS) is 1. The molecule has 20 heavy (non-hydrogen) atoms. The fourth-order valence-electron chi connectivity index (χ4n) is 2.13. The van der Waals surface area contributed by atoms with E-state index in [0.717, 1.165) is 25.5 Å². The van der Waals surface area contributed by atoms with Crippen molar-refractivity contribution in [2.24, 2.45) is 5.92 Å². The van der Waals surface area contributed by atoms with Crippen LogP contribution in [-0.4, -0.2) is 36.7 Å². The molecule has 1 saturated heterocycles. The summed E-state index contributed by atoms with van der Waals surface area (Å²) < 4.78 is 19.0. The predicted molar refractivity (Wildman–Crippen MR) is 69.2 cm³/mol. The van der Waals surface area contributed by atoms with Gasteiger partial charge in [-0.15, -0.1) is 0 Å². The molecule has 0 aliphatic carbocycles. The normalized spacial score (nSPS) is 18.6. The third kappa shape index (κ3) is 3.54. The number of carbonyl (C=O) groups excluding carboxylic acids is 1. The van der Waals surface area contributed by atoms with Crippen molar-refractivity contribution in [1.82, 2.24) is 5.32 Å². The lowest BCUT2D eigenvalue weighted by atomic mass is 10.0. The molecule has 6 heteroatoms. The van der Waals surface area contributed by atoms with E-state index >= 15 is 0 Å². The Kier molecular flexibility index (Phi) is 4.68. The van der Waals surface area contributed by atoms with Crippen molar-refractivity contribution in [3.05, 3.63) is 35.1 Å². The summed E-state index contributed by atoms with van der Waals surface area (Å²) >= 11 is 0. The number of hydrogen-bond acceptors (Lipinski definition) is 3. The molecule has 0 saturated carbocycles. The molecule has 0 radical (unpaired) electrons. The second-order valence-corrected chi connectivity index (χ2v) is 4.79. The van der Waals surface area contributed by atoms with Crippen LogP contribution in [0.25, 0.3) is 0 Å². The first kappa shape index (κ1) is 14.5. The fourth-order valence-corrected chi connectivity index (χ4v) is 2.13. The smallest absolute Gasteiger partial charge is 0.335 e. The van der Waals surface area contributed by atoms with Gasteiger partial charge in [-0.1, -0.05) is 0 Å². The SMILES string of the molecule is O=C(O)c1ccc(C(=O)NCC2CCCOC2)c(F)c1. The molecule has 1 aromatic carbocycles. The van der Waals surface area contributed by atoms with Gasteiger partial charge in [0.05, 0.1) is 17.7 Å². The molecule has 0 spiro atoms. The maximum atomic E-state index is 13.7. The standard InChI is InChI=1S/C14H16FNO4/c15-12-6-10(14(18)19)3-4-11(12)13(17)16-7-9-2-1-5-20-8-9/h3-4,6,9H,1-2,5,7-8H2,(H,16,17)(H,18,19). The third-order valence-corrected chi connectivity index (χ3v) is 3.27. The Morgan fingerprint density at radius 2 is 2.25 bits per heavy atom. The Bertz CT molecular complexity index is 512. The lowest BCUT2D eigenvalue weighted by Gasteiger charge is -2.22.